The highest BCUT2D eigenvalue weighted by Gasteiger charge is 2.06. The van der Waals surface area contributed by atoms with Gasteiger partial charge in [0.05, 0.1) is 10.6 Å². The van der Waals surface area contributed by atoms with Crippen molar-refractivity contribution >= 4 is 23.2 Å². The minimum Gasteiger partial charge on any atom is -0.326 e. The fourth-order valence-corrected chi connectivity index (χ4v) is 2.02. The van der Waals surface area contributed by atoms with Crippen LogP contribution in [0.3, 0.4) is 0 Å². The third-order valence-corrected chi connectivity index (χ3v) is 3.23. The summed E-state index contributed by atoms with van der Waals surface area (Å²) in [5.74, 6) is -0.519. The van der Waals surface area contributed by atoms with E-state index in [1.54, 1.807) is 24.3 Å². The topological polar surface area (TPSA) is 52.9 Å². The predicted octanol–water partition coefficient (Wildman–Crippen LogP) is 3.92. The number of amides is 1. The van der Waals surface area contributed by atoms with Crippen molar-refractivity contribution < 1.29 is 9.18 Å². The smallest absolute Gasteiger partial charge is 0.224 e. The van der Waals surface area contributed by atoms with Gasteiger partial charge in [-0.1, -0.05) is 23.7 Å². The molecule has 3 nitrogen and oxygen atoms in total. The van der Waals surface area contributed by atoms with Gasteiger partial charge in [0.1, 0.15) is 11.9 Å². The molecule has 0 aliphatic rings. The van der Waals surface area contributed by atoms with Crippen molar-refractivity contribution in [3.63, 3.8) is 0 Å². The number of nitriles is 1. The number of aryl methyl sites for hydroxylation is 1. The van der Waals surface area contributed by atoms with Crippen LogP contribution in [0.15, 0.2) is 42.5 Å². The van der Waals surface area contributed by atoms with Crippen molar-refractivity contribution in [2.24, 2.45) is 0 Å². The lowest BCUT2D eigenvalue weighted by Crippen LogP contribution is -2.12. The van der Waals surface area contributed by atoms with Gasteiger partial charge in [0, 0.05) is 12.1 Å². The third-order valence-electron chi connectivity index (χ3n) is 2.90. The number of nitrogens with zero attached hydrogens (tertiary/aromatic N) is 1. The largest absolute Gasteiger partial charge is 0.326 e. The molecule has 1 amide bonds. The summed E-state index contributed by atoms with van der Waals surface area (Å²) in [6, 6.07) is 12.8. The molecule has 0 saturated heterocycles. The maximum Gasteiger partial charge on any atom is 0.224 e. The Morgan fingerprint density at radius 1 is 1.29 bits per heavy atom. The number of hydrogen-bond acceptors (Lipinski definition) is 2. The number of anilines is 1. The monoisotopic (exact) mass is 302 g/mol. The Kier molecular flexibility index (Phi) is 4.91. The Hall–Kier alpha value is -2.38. The molecule has 2 rings (SSSR count). The minimum absolute atomic E-state index is 0.203. The molecule has 2 aromatic rings. The number of benzene rings is 2. The van der Waals surface area contributed by atoms with Gasteiger partial charge in [0.15, 0.2) is 0 Å². The van der Waals surface area contributed by atoms with Gasteiger partial charge < -0.3 is 5.32 Å². The highest BCUT2D eigenvalue weighted by Crippen LogP contribution is 2.19. The van der Waals surface area contributed by atoms with E-state index in [2.05, 4.69) is 5.32 Å². The van der Waals surface area contributed by atoms with Gasteiger partial charge in [-0.25, -0.2) is 4.39 Å². The molecule has 0 aromatic heterocycles. The summed E-state index contributed by atoms with van der Waals surface area (Å²) < 4.78 is 13.0. The van der Waals surface area contributed by atoms with E-state index in [9.17, 15) is 9.18 Å². The van der Waals surface area contributed by atoms with Gasteiger partial charge in [-0.05, 0) is 42.3 Å². The highest BCUT2D eigenvalue weighted by atomic mass is 35.5. The molecule has 0 bridgehead atoms. The average molecular weight is 303 g/mol. The highest BCUT2D eigenvalue weighted by molar-refractivity contribution is 6.31. The van der Waals surface area contributed by atoms with E-state index in [4.69, 9.17) is 16.9 Å². The molecule has 0 unspecified atom stereocenters. The van der Waals surface area contributed by atoms with Crippen LogP contribution in [0.5, 0.6) is 0 Å². The standard InChI is InChI=1S/C16H12ClFN2O/c17-15-6-5-14(9-12(15)10-19)20-16(21)7-4-11-2-1-3-13(18)8-11/h1-3,5-6,8-9H,4,7H2,(H,20,21). The first-order valence-corrected chi connectivity index (χ1v) is 6.70. The Balaban J connectivity index is 1.95. The summed E-state index contributed by atoms with van der Waals surface area (Å²) in [6.45, 7) is 0. The first-order chi connectivity index (χ1) is 10.1. The van der Waals surface area contributed by atoms with E-state index in [1.165, 1.54) is 18.2 Å². The first kappa shape index (κ1) is 15.0. The zero-order chi connectivity index (χ0) is 15.2. The number of hydrogen-bond donors (Lipinski definition) is 1. The van der Waals surface area contributed by atoms with Crippen LogP contribution >= 0.6 is 11.6 Å². The predicted molar refractivity (Wildman–Crippen MR) is 79.5 cm³/mol. The van der Waals surface area contributed by atoms with Crippen molar-refractivity contribution in [1.82, 2.24) is 0 Å². The molecule has 21 heavy (non-hydrogen) atoms. The Bertz CT molecular complexity index is 710. The van der Waals surface area contributed by atoms with E-state index < -0.39 is 0 Å². The molecular weight excluding hydrogens is 291 g/mol. The van der Waals surface area contributed by atoms with E-state index >= 15 is 0 Å². The summed E-state index contributed by atoms with van der Waals surface area (Å²) in [7, 11) is 0. The van der Waals surface area contributed by atoms with Crippen LogP contribution in [0.2, 0.25) is 5.02 Å². The van der Waals surface area contributed by atoms with Crippen LogP contribution in [0.4, 0.5) is 10.1 Å². The second-order valence-corrected chi connectivity index (χ2v) is 4.89. The van der Waals surface area contributed by atoms with Gasteiger partial charge in [-0.2, -0.15) is 5.26 Å². The normalized spacial score (nSPS) is 9.95. The van der Waals surface area contributed by atoms with E-state index in [0.717, 1.165) is 5.56 Å². The lowest BCUT2D eigenvalue weighted by atomic mass is 10.1. The van der Waals surface area contributed by atoms with Crippen LogP contribution < -0.4 is 5.32 Å². The average Bonchev–Trinajstić information content (AvgIpc) is 2.47. The maximum absolute atomic E-state index is 13.0. The van der Waals surface area contributed by atoms with Gasteiger partial charge in [-0.3, -0.25) is 4.79 Å². The second kappa shape index (κ2) is 6.87. The van der Waals surface area contributed by atoms with Gasteiger partial charge in [0.2, 0.25) is 5.91 Å². The number of nitrogens with one attached hydrogen (secondary N) is 1. The Morgan fingerprint density at radius 3 is 2.81 bits per heavy atom. The molecule has 0 aliphatic carbocycles. The first-order valence-electron chi connectivity index (χ1n) is 6.32. The third kappa shape index (κ3) is 4.30. The number of carbonyl (C=O) groups is 1. The van der Waals surface area contributed by atoms with Crippen LogP contribution in [0, 0.1) is 17.1 Å². The molecule has 0 heterocycles. The molecule has 106 valence electrons. The molecular formula is C16H12ClFN2O. The molecule has 2 aromatic carbocycles. The van der Waals surface area contributed by atoms with Crippen LogP contribution in [0.1, 0.15) is 17.5 Å². The van der Waals surface area contributed by atoms with E-state index in [1.807, 2.05) is 6.07 Å². The molecule has 0 aliphatic heterocycles. The molecule has 0 fully saturated rings. The molecule has 1 N–H and O–H groups in total. The lowest BCUT2D eigenvalue weighted by molar-refractivity contribution is -0.116. The number of carbonyl (C=O) groups excluding carboxylic acids is 1. The lowest BCUT2D eigenvalue weighted by Gasteiger charge is -2.06. The van der Waals surface area contributed by atoms with Crippen LogP contribution in [0.25, 0.3) is 0 Å². The molecule has 0 radical (unpaired) electrons. The molecule has 0 saturated carbocycles. The van der Waals surface area contributed by atoms with Gasteiger partial charge in [-0.15, -0.1) is 0 Å². The minimum atomic E-state index is -0.315. The second-order valence-electron chi connectivity index (χ2n) is 4.48. The van der Waals surface area contributed by atoms with Crippen molar-refractivity contribution in [3.05, 3.63) is 64.4 Å². The summed E-state index contributed by atoms with van der Waals surface area (Å²) in [4.78, 5) is 11.8. The number of halogens is 2. The summed E-state index contributed by atoms with van der Waals surface area (Å²) in [6.07, 6.45) is 0.677. The van der Waals surface area contributed by atoms with Crippen molar-refractivity contribution in [2.45, 2.75) is 12.8 Å². The van der Waals surface area contributed by atoms with E-state index in [-0.39, 0.29) is 18.1 Å². The van der Waals surface area contributed by atoms with Crippen LogP contribution in [-0.2, 0) is 11.2 Å². The maximum atomic E-state index is 13.0. The fraction of sp³-hybridized carbons (Fsp3) is 0.125. The van der Waals surface area contributed by atoms with Crippen molar-refractivity contribution in [3.8, 4) is 6.07 Å². The summed E-state index contributed by atoms with van der Waals surface area (Å²) >= 11 is 5.82. The molecule has 5 heteroatoms. The fourth-order valence-electron chi connectivity index (χ4n) is 1.86. The van der Waals surface area contributed by atoms with E-state index in [0.29, 0.717) is 22.7 Å². The van der Waals surface area contributed by atoms with Crippen molar-refractivity contribution in [2.75, 3.05) is 5.32 Å². The zero-order valence-corrected chi connectivity index (χ0v) is 11.8. The summed E-state index contributed by atoms with van der Waals surface area (Å²) in [5.41, 5.74) is 1.58. The van der Waals surface area contributed by atoms with Crippen LogP contribution in [-0.4, -0.2) is 5.91 Å². The SMILES string of the molecule is N#Cc1cc(NC(=O)CCc2cccc(F)c2)ccc1Cl. The zero-order valence-electron chi connectivity index (χ0n) is 11.1. The van der Waals surface area contributed by atoms with Gasteiger partial charge in [0.25, 0.3) is 0 Å². The molecule has 0 spiro atoms. The Labute approximate surface area is 127 Å². The number of rotatable bonds is 4. The summed E-state index contributed by atoms with van der Waals surface area (Å²) in [5, 5.41) is 11.9. The van der Waals surface area contributed by atoms with Gasteiger partial charge >= 0.3 is 0 Å². The quantitative estimate of drug-likeness (QED) is 0.930. The Morgan fingerprint density at radius 2 is 2.10 bits per heavy atom. The molecule has 0 atom stereocenters. The van der Waals surface area contributed by atoms with Crippen molar-refractivity contribution in [1.29, 1.82) is 5.26 Å².